The molecule has 2 aliphatic rings. The minimum absolute atomic E-state index is 0.107. The molecule has 4 heterocycles. The number of hydrogen-bond donors (Lipinski definition) is 2. The predicted octanol–water partition coefficient (Wildman–Crippen LogP) is 1.36. The van der Waals surface area contributed by atoms with Crippen molar-refractivity contribution < 1.29 is 18.6 Å². The summed E-state index contributed by atoms with van der Waals surface area (Å²) >= 11 is 0. The molecule has 0 aromatic carbocycles. The molecule has 0 amide bonds. The Balaban J connectivity index is 1.69. The summed E-state index contributed by atoms with van der Waals surface area (Å²) in [6.07, 6.45) is 2.56. The number of halogens is 2. The summed E-state index contributed by atoms with van der Waals surface area (Å²) in [5, 5.41) is 9.24. The molecule has 4 rings (SSSR count). The van der Waals surface area contributed by atoms with Crippen LogP contribution < -0.4 is 20.3 Å². The van der Waals surface area contributed by atoms with Crippen LogP contribution in [0, 0.1) is 5.92 Å². The topological polar surface area (TPSA) is 101 Å². The Hall–Kier alpha value is -2.75. The van der Waals surface area contributed by atoms with E-state index < -0.39 is 6.61 Å². The van der Waals surface area contributed by atoms with Crippen LogP contribution >= 0.6 is 0 Å². The van der Waals surface area contributed by atoms with E-state index >= 15 is 0 Å². The molecule has 0 atom stereocenters. The van der Waals surface area contributed by atoms with Gasteiger partial charge in [-0.1, -0.05) is 0 Å². The van der Waals surface area contributed by atoms with Gasteiger partial charge in [-0.3, -0.25) is 0 Å². The first-order valence-corrected chi connectivity index (χ1v) is 8.74. The number of aliphatic hydroxyl groups excluding tert-OH is 1. The zero-order chi connectivity index (χ0) is 19.0. The van der Waals surface area contributed by atoms with E-state index in [1.54, 1.807) is 6.07 Å². The molecule has 0 aliphatic carbocycles. The average molecular weight is 378 g/mol. The maximum absolute atomic E-state index is 12.6. The van der Waals surface area contributed by atoms with Crippen molar-refractivity contribution in [2.24, 2.45) is 5.92 Å². The highest BCUT2D eigenvalue weighted by atomic mass is 19.3. The molecular formula is C17H20F2N6O2. The van der Waals surface area contributed by atoms with Gasteiger partial charge in [0.2, 0.25) is 5.95 Å². The number of nitrogens with two attached hydrogens (primary N) is 1. The molecule has 0 saturated carbocycles. The highest BCUT2D eigenvalue weighted by Crippen LogP contribution is 2.32. The van der Waals surface area contributed by atoms with E-state index in [0.29, 0.717) is 30.3 Å². The molecule has 144 valence electrons. The van der Waals surface area contributed by atoms with Crippen molar-refractivity contribution in [1.82, 2.24) is 15.0 Å². The molecule has 2 aromatic heterocycles. The zero-order valence-electron chi connectivity index (χ0n) is 14.6. The van der Waals surface area contributed by atoms with Crippen molar-refractivity contribution in [3.8, 4) is 17.0 Å². The molecule has 0 spiro atoms. The lowest BCUT2D eigenvalue weighted by Gasteiger charge is -2.40. The SMILES string of the molecule is Nc1ncc(-c2cc(N3CC(CO)C3)nc(N3CCC3)n2)cc1OC(F)F. The van der Waals surface area contributed by atoms with Crippen LogP contribution in [0.25, 0.3) is 11.3 Å². The number of nitrogen functional groups attached to an aromatic ring is 1. The molecule has 0 radical (unpaired) electrons. The number of pyridine rings is 1. The van der Waals surface area contributed by atoms with Crippen LogP contribution in [-0.2, 0) is 0 Å². The monoisotopic (exact) mass is 378 g/mol. The van der Waals surface area contributed by atoms with Gasteiger partial charge in [0.05, 0.1) is 5.69 Å². The van der Waals surface area contributed by atoms with Crippen molar-refractivity contribution in [3.63, 3.8) is 0 Å². The standard InChI is InChI=1S/C17H20F2N6O2/c18-16(19)27-13-4-11(6-21-15(13)20)12-5-14(25-7-10(8-25)9-26)23-17(22-12)24-2-1-3-24/h4-6,10,16,26H,1-3,7-9H2,(H2,20,21). The summed E-state index contributed by atoms with van der Waals surface area (Å²) in [7, 11) is 0. The van der Waals surface area contributed by atoms with E-state index in [2.05, 4.69) is 29.5 Å². The number of rotatable bonds is 6. The van der Waals surface area contributed by atoms with Crippen LogP contribution in [0.15, 0.2) is 18.3 Å². The molecule has 2 aromatic rings. The summed E-state index contributed by atoms with van der Waals surface area (Å²) in [6.45, 7) is 0.338. The summed E-state index contributed by atoms with van der Waals surface area (Å²) in [4.78, 5) is 17.2. The molecule has 0 unspecified atom stereocenters. The van der Waals surface area contributed by atoms with Crippen LogP contribution in [0.1, 0.15) is 6.42 Å². The average Bonchev–Trinajstić information content (AvgIpc) is 2.54. The van der Waals surface area contributed by atoms with Crippen LogP contribution in [0.3, 0.4) is 0 Å². The van der Waals surface area contributed by atoms with Gasteiger partial charge in [-0.05, 0) is 12.5 Å². The molecule has 3 N–H and O–H groups in total. The van der Waals surface area contributed by atoms with E-state index in [9.17, 15) is 13.9 Å². The van der Waals surface area contributed by atoms with Gasteiger partial charge in [0.15, 0.2) is 11.6 Å². The second-order valence-corrected chi connectivity index (χ2v) is 6.69. The fourth-order valence-corrected chi connectivity index (χ4v) is 3.05. The van der Waals surface area contributed by atoms with Crippen molar-refractivity contribution in [2.45, 2.75) is 13.0 Å². The lowest BCUT2D eigenvalue weighted by Crippen LogP contribution is -2.49. The molecule has 2 aliphatic heterocycles. The molecule has 27 heavy (non-hydrogen) atoms. The number of aliphatic hydroxyl groups is 1. The molecule has 10 heteroatoms. The van der Waals surface area contributed by atoms with Gasteiger partial charge in [-0.15, -0.1) is 0 Å². The first-order valence-electron chi connectivity index (χ1n) is 8.74. The number of nitrogens with zero attached hydrogens (tertiary/aromatic N) is 5. The van der Waals surface area contributed by atoms with Gasteiger partial charge in [0.1, 0.15) is 5.82 Å². The van der Waals surface area contributed by atoms with Gasteiger partial charge in [0.25, 0.3) is 0 Å². The highest BCUT2D eigenvalue weighted by Gasteiger charge is 2.29. The smallest absolute Gasteiger partial charge is 0.387 e. The third kappa shape index (κ3) is 3.57. The van der Waals surface area contributed by atoms with E-state index in [0.717, 1.165) is 25.3 Å². The van der Waals surface area contributed by atoms with Gasteiger partial charge < -0.3 is 25.4 Å². The quantitative estimate of drug-likeness (QED) is 0.777. The summed E-state index contributed by atoms with van der Waals surface area (Å²) < 4.78 is 29.6. The maximum Gasteiger partial charge on any atom is 0.387 e. The number of anilines is 3. The van der Waals surface area contributed by atoms with E-state index in [4.69, 9.17) is 5.73 Å². The molecule has 2 fully saturated rings. The van der Waals surface area contributed by atoms with Crippen molar-refractivity contribution >= 4 is 17.6 Å². The number of ether oxygens (including phenoxy) is 1. The van der Waals surface area contributed by atoms with E-state index in [1.165, 1.54) is 12.3 Å². The zero-order valence-corrected chi connectivity index (χ0v) is 14.6. The third-order valence-electron chi connectivity index (χ3n) is 4.77. The number of alkyl halides is 2. The second-order valence-electron chi connectivity index (χ2n) is 6.69. The largest absolute Gasteiger partial charge is 0.431 e. The predicted molar refractivity (Wildman–Crippen MR) is 95.9 cm³/mol. The Morgan fingerprint density at radius 1 is 1.22 bits per heavy atom. The van der Waals surface area contributed by atoms with E-state index in [1.807, 2.05) is 0 Å². The summed E-state index contributed by atoms with van der Waals surface area (Å²) in [5.41, 5.74) is 6.70. The lowest BCUT2D eigenvalue weighted by molar-refractivity contribution is -0.0494. The molecule has 8 nitrogen and oxygen atoms in total. The Kier molecular flexibility index (Phi) is 4.65. The van der Waals surface area contributed by atoms with Crippen LogP contribution in [-0.4, -0.2) is 59.5 Å². The first kappa shape index (κ1) is 17.7. The Morgan fingerprint density at radius 3 is 2.63 bits per heavy atom. The minimum atomic E-state index is -2.99. The Bertz CT molecular complexity index is 827. The van der Waals surface area contributed by atoms with Crippen LogP contribution in [0.4, 0.5) is 26.4 Å². The molecule has 0 bridgehead atoms. The fraction of sp³-hybridized carbons (Fsp3) is 0.471. The van der Waals surface area contributed by atoms with Gasteiger partial charge in [-0.2, -0.15) is 13.8 Å². The maximum atomic E-state index is 12.6. The van der Waals surface area contributed by atoms with E-state index in [-0.39, 0.29) is 24.1 Å². The van der Waals surface area contributed by atoms with Gasteiger partial charge in [-0.25, -0.2) is 9.97 Å². The normalized spacial score (nSPS) is 17.0. The summed E-state index contributed by atoms with van der Waals surface area (Å²) in [5.74, 6) is 1.27. The van der Waals surface area contributed by atoms with Gasteiger partial charge >= 0.3 is 6.61 Å². The second kappa shape index (κ2) is 7.10. The van der Waals surface area contributed by atoms with Crippen LogP contribution in [0.2, 0.25) is 0 Å². The van der Waals surface area contributed by atoms with Crippen molar-refractivity contribution in [3.05, 3.63) is 18.3 Å². The fourth-order valence-electron chi connectivity index (χ4n) is 3.05. The van der Waals surface area contributed by atoms with Gasteiger partial charge in [0, 0.05) is 56.5 Å². The Labute approximate surface area is 154 Å². The first-order chi connectivity index (χ1) is 13.0. The van der Waals surface area contributed by atoms with Crippen LogP contribution in [0.5, 0.6) is 5.75 Å². The summed E-state index contributed by atoms with van der Waals surface area (Å²) in [6, 6.07) is 3.20. The highest BCUT2D eigenvalue weighted by molar-refractivity contribution is 5.68. The Morgan fingerprint density at radius 2 is 2.00 bits per heavy atom. The molecule has 2 saturated heterocycles. The number of aromatic nitrogens is 3. The number of hydrogen-bond acceptors (Lipinski definition) is 8. The van der Waals surface area contributed by atoms with Crippen molar-refractivity contribution in [1.29, 1.82) is 0 Å². The molecular weight excluding hydrogens is 358 g/mol. The third-order valence-corrected chi connectivity index (χ3v) is 4.77. The minimum Gasteiger partial charge on any atom is -0.431 e. The van der Waals surface area contributed by atoms with Crippen molar-refractivity contribution in [2.75, 3.05) is 48.3 Å². The lowest BCUT2D eigenvalue weighted by atomic mass is 10.0.